The van der Waals surface area contributed by atoms with E-state index in [1.54, 1.807) is 24.3 Å². The Kier molecular flexibility index (Phi) is 4.79. The zero-order chi connectivity index (χ0) is 14.4. The SMILES string of the molecule is CN(Cc1ccco1)C(=O)COc1ccc(CN)cc1. The zero-order valence-corrected chi connectivity index (χ0v) is 11.4. The first-order chi connectivity index (χ1) is 9.69. The summed E-state index contributed by atoms with van der Waals surface area (Å²) < 4.78 is 10.6. The molecule has 0 radical (unpaired) electrons. The van der Waals surface area contributed by atoms with Crippen LogP contribution in [0, 0.1) is 0 Å². The summed E-state index contributed by atoms with van der Waals surface area (Å²) in [5.41, 5.74) is 6.54. The van der Waals surface area contributed by atoms with E-state index in [2.05, 4.69) is 0 Å². The van der Waals surface area contributed by atoms with E-state index < -0.39 is 0 Å². The highest BCUT2D eigenvalue weighted by atomic mass is 16.5. The smallest absolute Gasteiger partial charge is 0.260 e. The summed E-state index contributed by atoms with van der Waals surface area (Å²) in [6, 6.07) is 11.0. The van der Waals surface area contributed by atoms with E-state index in [-0.39, 0.29) is 12.5 Å². The first-order valence-corrected chi connectivity index (χ1v) is 6.37. The second-order valence-corrected chi connectivity index (χ2v) is 4.47. The van der Waals surface area contributed by atoms with Crippen molar-refractivity contribution in [2.45, 2.75) is 13.1 Å². The minimum Gasteiger partial charge on any atom is -0.484 e. The molecule has 0 fully saturated rings. The van der Waals surface area contributed by atoms with Crippen molar-refractivity contribution in [2.24, 2.45) is 5.73 Å². The van der Waals surface area contributed by atoms with E-state index in [0.29, 0.717) is 18.8 Å². The molecule has 0 aliphatic heterocycles. The molecule has 0 saturated heterocycles. The predicted molar refractivity (Wildman–Crippen MR) is 75.0 cm³/mol. The van der Waals surface area contributed by atoms with Crippen molar-refractivity contribution in [1.29, 1.82) is 0 Å². The lowest BCUT2D eigenvalue weighted by atomic mass is 10.2. The number of benzene rings is 1. The Morgan fingerprint density at radius 2 is 2.05 bits per heavy atom. The molecule has 5 nitrogen and oxygen atoms in total. The van der Waals surface area contributed by atoms with E-state index in [0.717, 1.165) is 11.3 Å². The molecule has 0 bridgehead atoms. The molecule has 106 valence electrons. The van der Waals surface area contributed by atoms with Crippen LogP contribution < -0.4 is 10.5 Å². The summed E-state index contributed by atoms with van der Waals surface area (Å²) in [6.07, 6.45) is 1.59. The number of nitrogens with two attached hydrogens (primary N) is 1. The van der Waals surface area contributed by atoms with Gasteiger partial charge in [0.15, 0.2) is 6.61 Å². The molecular weight excluding hydrogens is 256 g/mol. The summed E-state index contributed by atoms with van der Waals surface area (Å²) in [5, 5.41) is 0. The van der Waals surface area contributed by atoms with Crippen LogP contribution >= 0.6 is 0 Å². The standard InChI is InChI=1S/C15H18N2O3/c1-17(10-14-3-2-8-19-14)15(18)11-20-13-6-4-12(9-16)5-7-13/h2-8H,9-11,16H2,1H3. The van der Waals surface area contributed by atoms with Crippen LogP contribution in [0.2, 0.25) is 0 Å². The Balaban J connectivity index is 1.81. The molecule has 0 aliphatic rings. The van der Waals surface area contributed by atoms with Gasteiger partial charge in [0.25, 0.3) is 5.91 Å². The molecule has 20 heavy (non-hydrogen) atoms. The maximum Gasteiger partial charge on any atom is 0.260 e. The van der Waals surface area contributed by atoms with Gasteiger partial charge in [0, 0.05) is 13.6 Å². The van der Waals surface area contributed by atoms with E-state index in [1.165, 1.54) is 0 Å². The van der Waals surface area contributed by atoms with Crippen molar-refractivity contribution in [3.05, 3.63) is 54.0 Å². The highest BCUT2D eigenvalue weighted by Crippen LogP contribution is 2.12. The number of hydrogen-bond donors (Lipinski definition) is 1. The van der Waals surface area contributed by atoms with Crippen molar-refractivity contribution in [3.8, 4) is 5.75 Å². The van der Waals surface area contributed by atoms with Gasteiger partial charge in [0.05, 0.1) is 12.8 Å². The average molecular weight is 274 g/mol. The van der Waals surface area contributed by atoms with Crippen molar-refractivity contribution in [1.82, 2.24) is 4.90 Å². The van der Waals surface area contributed by atoms with Crippen LogP contribution in [-0.4, -0.2) is 24.5 Å². The van der Waals surface area contributed by atoms with E-state index in [4.69, 9.17) is 14.9 Å². The van der Waals surface area contributed by atoms with Gasteiger partial charge >= 0.3 is 0 Å². The molecule has 0 spiro atoms. The monoisotopic (exact) mass is 274 g/mol. The van der Waals surface area contributed by atoms with Crippen LogP contribution in [0.25, 0.3) is 0 Å². The highest BCUT2D eigenvalue weighted by Gasteiger charge is 2.11. The third kappa shape index (κ3) is 3.86. The molecule has 1 aromatic heterocycles. The normalized spacial score (nSPS) is 10.3. The second kappa shape index (κ2) is 6.77. The highest BCUT2D eigenvalue weighted by molar-refractivity contribution is 5.77. The number of rotatable bonds is 6. The van der Waals surface area contributed by atoms with Crippen LogP contribution in [0.5, 0.6) is 5.75 Å². The van der Waals surface area contributed by atoms with Gasteiger partial charge in [0.1, 0.15) is 11.5 Å². The molecule has 0 unspecified atom stereocenters. The molecule has 0 saturated carbocycles. The van der Waals surface area contributed by atoms with Crippen molar-refractivity contribution in [2.75, 3.05) is 13.7 Å². The minimum atomic E-state index is -0.107. The topological polar surface area (TPSA) is 68.7 Å². The third-order valence-corrected chi connectivity index (χ3v) is 2.92. The molecule has 1 heterocycles. The Labute approximate surface area is 117 Å². The lowest BCUT2D eigenvalue weighted by Gasteiger charge is -2.16. The van der Waals surface area contributed by atoms with Gasteiger partial charge < -0.3 is 19.8 Å². The van der Waals surface area contributed by atoms with Crippen LogP contribution in [0.4, 0.5) is 0 Å². The van der Waals surface area contributed by atoms with Gasteiger partial charge in [-0.15, -0.1) is 0 Å². The van der Waals surface area contributed by atoms with E-state index in [9.17, 15) is 4.79 Å². The maximum atomic E-state index is 11.9. The molecule has 1 aromatic carbocycles. The number of amides is 1. The molecule has 2 aromatic rings. The molecule has 2 N–H and O–H groups in total. The fourth-order valence-corrected chi connectivity index (χ4v) is 1.70. The van der Waals surface area contributed by atoms with E-state index >= 15 is 0 Å². The first kappa shape index (κ1) is 14.1. The second-order valence-electron chi connectivity index (χ2n) is 4.47. The fraction of sp³-hybridized carbons (Fsp3) is 0.267. The third-order valence-electron chi connectivity index (χ3n) is 2.92. The summed E-state index contributed by atoms with van der Waals surface area (Å²) in [7, 11) is 1.71. The Morgan fingerprint density at radius 1 is 1.30 bits per heavy atom. The van der Waals surface area contributed by atoms with Gasteiger partial charge in [-0.3, -0.25) is 4.79 Å². The molecule has 0 atom stereocenters. The average Bonchev–Trinajstić information content (AvgIpc) is 2.98. The molecule has 1 amide bonds. The van der Waals surface area contributed by atoms with Crippen LogP contribution in [0.15, 0.2) is 47.1 Å². The van der Waals surface area contributed by atoms with Crippen LogP contribution in [0.1, 0.15) is 11.3 Å². The molecular formula is C15H18N2O3. The molecule has 5 heteroatoms. The number of carbonyl (C=O) groups is 1. The van der Waals surface area contributed by atoms with Crippen molar-refractivity contribution >= 4 is 5.91 Å². The van der Waals surface area contributed by atoms with Crippen molar-refractivity contribution < 1.29 is 13.9 Å². The van der Waals surface area contributed by atoms with Crippen LogP contribution in [0.3, 0.4) is 0 Å². The number of nitrogens with zero attached hydrogens (tertiary/aromatic N) is 1. The fourth-order valence-electron chi connectivity index (χ4n) is 1.70. The summed E-state index contributed by atoms with van der Waals surface area (Å²) in [4.78, 5) is 13.5. The lowest BCUT2D eigenvalue weighted by Crippen LogP contribution is -2.30. The van der Waals surface area contributed by atoms with Crippen molar-refractivity contribution in [3.63, 3.8) is 0 Å². The number of likely N-dealkylation sites (N-methyl/N-ethyl adjacent to an activating group) is 1. The Bertz CT molecular complexity index is 535. The number of furan rings is 1. The number of ether oxygens (including phenoxy) is 1. The summed E-state index contributed by atoms with van der Waals surface area (Å²) in [5.74, 6) is 1.29. The predicted octanol–water partition coefficient (Wildman–Crippen LogP) is 1.78. The van der Waals surface area contributed by atoms with Gasteiger partial charge in [-0.1, -0.05) is 12.1 Å². The van der Waals surface area contributed by atoms with Gasteiger partial charge in [-0.25, -0.2) is 0 Å². The number of hydrogen-bond acceptors (Lipinski definition) is 4. The summed E-state index contributed by atoms with van der Waals surface area (Å²) in [6.45, 7) is 0.922. The van der Waals surface area contributed by atoms with Gasteiger partial charge in [-0.2, -0.15) is 0 Å². The maximum absolute atomic E-state index is 11.9. The zero-order valence-electron chi connectivity index (χ0n) is 11.4. The van der Waals surface area contributed by atoms with Gasteiger partial charge in [0.2, 0.25) is 0 Å². The largest absolute Gasteiger partial charge is 0.484 e. The Morgan fingerprint density at radius 3 is 2.65 bits per heavy atom. The molecule has 0 aliphatic carbocycles. The van der Waals surface area contributed by atoms with Crippen LogP contribution in [-0.2, 0) is 17.9 Å². The Hall–Kier alpha value is -2.27. The van der Waals surface area contributed by atoms with Gasteiger partial charge in [-0.05, 0) is 29.8 Å². The molecule has 2 rings (SSSR count). The van der Waals surface area contributed by atoms with E-state index in [1.807, 2.05) is 30.3 Å². The summed E-state index contributed by atoms with van der Waals surface area (Å²) >= 11 is 0. The minimum absolute atomic E-state index is 0.000813. The number of carbonyl (C=O) groups excluding carboxylic acids is 1. The first-order valence-electron chi connectivity index (χ1n) is 6.37. The quantitative estimate of drug-likeness (QED) is 0.871. The lowest BCUT2D eigenvalue weighted by molar-refractivity contribution is -0.132.